The van der Waals surface area contributed by atoms with Gasteiger partial charge in [0.25, 0.3) is 10.0 Å². The van der Waals surface area contributed by atoms with Crippen LogP contribution in [0.25, 0.3) is 0 Å². The summed E-state index contributed by atoms with van der Waals surface area (Å²) in [5.41, 5.74) is 0. The minimum atomic E-state index is -5.05. The quantitative estimate of drug-likeness (QED) is 0.549. The lowest BCUT2D eigenvalue weighted by atomic mass is 10.8. The van der Waals surface area contributed by atoms with Crippen LogP contribution in [0.5, 0.6) is 0 Å². The Bertz CT molecular complexity index is 238. The Balaban J connectivity index is 4.85. The summed E-state index contributed by atoms with van der Waals surface area (Å²) in [6.45, 7) is 0. The molecule has 0 heterocycles. The zero-order valence-electron chi connectivity index (χ0n) is 4.01. The van der Waals surface area contributed by atoms with Crippen LogP contribution in [-0.2, 0) is 10.0 Å². The van der Waals surface area contributed by atoms with Crippen LogP contribution in [-0.4, -0.2) is 13.7 Å². The number of primary sulfonamides is 1. The second-order valence-electron chi connectivity index (χ2n) is 1.17. The monoisotopic (exact) mass is 156 g/mol. The fraction of sp³-hybridized carbons (Fsp3) is 0.500. The summed E-state index contributed by atoms with van der Waals surface area (Å²) < 4.78 is 42.5. The topological polar surface area (TPSA) is 83.9 Å². The molecule has 0 aromatic heterocycles. The molecule has 0 amide bonds. The fourth-order valence-electron chi connectivity index (χ4n) is 0.0636. The molecule has 0 spiro atoms. The van der Waals surface area contributed by atoms with Crippen LogP contribution in [0.15, 0.2) is 0 Å². The van der Waals surface area contributed by atoms with Crippen molar-refractivity contribution < 1.29 is 17.2 Å². The van der Waals surface area contributed by atoms with Gasteiger partial charge < -0.3 is 0 Å². The van der Waals surface area contributed by atoms with Gasteiger partial charge in [-0.1, -0.05) is 0 Å². The minimum absolute atomic E-state index is 0.235. The zero-order chi connectivity index (χ0) is 7.71. The van der Waals surface area contributed by atoms with Gasteiger partial charge in [0.15, 0.2) is 6.07 Å². The lowest BCUT2D eigenvalue weighted by molar-refractivity contribution is 0.155. The molecule has 0 aromatic rings. The van der Waals surface area contributed by atoms with E-state index in [0.29, 0.717) is 0 Å². The fourth-order valence-corrected chi connectivity index (χ4v) is 0.191. The second-order valence-corrected chi connectivity index (χ2v) is 2.78. The van der Waals surface area contributed by atoms with Gasteiger partial charge in [0, 0.05) is 0 Å². The third kappa shape index (κ3) is 1.58. The average Bonchev–Trinajstić information content (AvgIpc) is 1.64. The smallest absolute Gasteiger partial charge is 0.222 e. The Hall–Kier alpha value is -0.740. The van der Waals surface area contributed by atoms with Gasteiger partial charge in [-0.15, -0.1) is 0 Å². The average molecular weight is 156 g/mol. The Kier molecular flexibility index (Phi) is 1.74. The zero-order valence-corrected chi connectivity index (χ0v) is 4.82. The number of nitrogens with zero attached hydrogens (tertiary/aromatic N) is 1. The van der Waals surface area contributed by atoms with E-state index in [0.717, 1.165) is 0 Å². The predicted octanol–water partition coefficient (Wildman–Crippen LogP) is -0.609. The number of nitrogens with two attached hydrogens (primary N) is 1. The molecular weight excluding hydrogens is 154 g/mol. The van der Waals surface area contributed by atoms with Crippen LogP contribution in [0.3, 0.4) is 0 Å². The van der Waals surface area contributed by atoms with Crippen molar-refractivity contribution in [2.45, 2.75) is 5.25 Å². The summed E-state index contributed by atoms with van der Waals surface area (Å²) in [6, 6.07) is 0.235. The molecule has 4 nitrogen and oxygen atoms in total. The Morgan fingerprint density at radius 2 is 1.89 bits per heavy atom. The lowest BCUT2D eigenvalue weighted by Crippen LogP contribution is -2.33. The highest BCUT2D eigenvalue weighted by atomic mass is 32.2. The standard InChI is InChI=1S/C2H2F2N2O2S/c3-2(4,1-5)9(6,7)8/h(H2,6,7,8). The first-order valence-corrected chi connectivity index (χ1v) is 3.17. The normalized spacial score (nSPS) is 12.7. The van der Waals surface area contributed by atoms with Gasteiger partial charge >= 0.3 is 5.25 Å². The molecule has 0 aliphatic carbocycles. The van der Waals surface area contributed by atoms with Gasteiger partial charge in [-0.05, 0) is 0 Å². The largest absolute Gasteiger partial charge is 0.444 e. The maximum Gasteiger partial charge on any atom is 0.444 e. The molecule has 0 fully saturated rings. The Labute approximate surface area is 49.9 Å². The molecule has 9 heavy (non-hydrogen) atoms. The van der Waals surface area contributed by atoms with Crippen LogP contribution < -0.4 is 5.14 Å². The maximum absolute atomic E-state index is 11.6. The molecule has 0 aromatic carbocycles. The number of sulfonamides is 1. The number of hydrogen-bond acceptors (Lipinski definition) is 3. The van der Waals surface area contributed by atoms with Crippen molar-refractivity contribution in [3.63, 3.8) is 0 Å². The first-order valence-electron chi connectivity index (χ1n) is 1.62. The highest BCUT2D eigenvalue weighted by molar-refractivity contribution is 7.90. The molecule has 0 radical (unpaired) electrons. The molecule has 7 heteroatoms. The molecule has 2 N–H and O–H groups in total. The summed E-state index contributed by atoms with van der Waals surface area (Å²) in [5.74, 6) is 0. The van der Waals surface area contributed by atoms with E-state index in [-0.39, 0.29) is 6.07 Å². The van der Waals surface area contributed by atoms with E-state index in [1.165, 1.54) is 0 Å². The molecule has 0 atom stereocenters. The molecule has 0 aliphatic heterocycles. The maximum atomic E-state index is 11.6. The van der Waals surface area contributed by atoms with Crippen LogP contribution in [0.4, 0.5) is 8.78 Å². The SMILES string of the molecule is N#CC(F)(F)S(N)(=O)=O. The van der Waals surface area contributed by atoms with Crippen LogP contribution in [0.2, 0.25) is 0 Å². The number of alkyl halides is 2. The van der Waals surface area contributed by atoms with Crippen molar-refractivity contribution in [1.29, 1.82) is 5.26 Å². The number of halogens is 2. The summed E-state index contributed by atoms with van der Waals surface area (Å²) in [7, 11) is -5.05. The Morgan fingerprint density at radius 3 is 1.89 bits per heavy atom. The van der Waals surface area contributed by atoms with E-state index in [1.54, 1.807) is 0 Å². The first-order chi connectivity index (χ1) is 3.81. The van der Waals surface area contributed by atoms with Gasteiger partial charge in [-0.25, -0.2) is 13.6 Å². The van der Waals surface area contributed by atoms with E-state index in [9.17, 15) is 17.2 Å². The van der Waals surface area contributed by atoms with E-state index in [1.807, 2.05) is 0 Å². The van der Waals surface area contributed by atoms with Crippen molar-refractivity contribution in [1.82, 2.24) is 0 Å². The molecule has 0 saturated heterocycles. The van der Waals surface area contributed by atoms with E-state index < -0.39 is 15.3 Å². The molecule has 52 valence electrons. The number of hydrogen-bond donors (Lipinski definition) is 1. The number of rotatable bonds is 1. The summed E-state index contributed by atoms with van der Waals surface area (Å²) in [4.78, 5) is 0. The number of nitriles is 1. The van der Waals surface area contributed by atoms with E-state index >= 15 is 0 Å². The Morgan fingerprint density at radius 1 is 1.56 bits per heavy atom. The molecule has 0 rings (SSSR count). The van der Waals surface area contributed by atoms with Crippen LogP contribution in [0.1, 0.15) is 0 Å². The molecule has 0 aliphatic rings. The lowest BCUT2D eigenvalue weighted by Gasteiger charge is -2.00. The van der Waals surface area contributed by atoms with Gasteiger partial charge in [0.05, 0.1) is 0 Å². The molecule has 0 saturated carbocycles. The van der Waals surface area contributed by atoms with Gasteiger partial charge in [-0.2, -0.15) is 14.0 Å². The first kappa shape index (κ1) is 8.26. The summed E-state index contributed by atoms with van der Waals surface area (Å²) >= 11 is 0. The van der Waals surface area contributed by atoms with E-state index in [2.05, 4.69) is 5.14 Å². The van der Waals surface area contributed by atoms with Gasteiger partial charge in [-0.3, -0.25) is 0 Å². The highest BCUT2D eigenvalue weighted by Gasteiger charge is 2.42. The summed E-state index contributed by atoms with van der Waals surface area (Å²) in [5, 5.41) is 6.93. The molecule has 0 bridgehead atoms. The highest BCUT2D eigenvalue weighted by Crippen LogP contribution is 2.15. The molecular formula is C2H2F2N2O2S. The van der Waals surface area contributed by atoms with Crippen LogP contribution in [0, 0.1) is 11.3 Å². The van der Waals surface area contributed by atoms with Crippen molar-refractivity contribution in [2.75, 3.05) is 0 Å². The van der Waals surface area contributed by atoms with Gasteiger partial charge in [0.2, 0.25) is 0 Å². The van der Waals surface area contributed by atoms with Crippen molar-refractivity contribution >= 4 is 10.0 Å². The van der Waals surface area contributed by atoms with Crippen molar-refractivity contribution in [3.05, 3.63) is 0 Å². The van der Waals surface area contributed by atoms with Crippen molar-refractivity contribution in [2.24, 2.45) is 5.14 Å². The van der Waals surface area contributed by atoms with Crippen LogP contribution >= 0.6 is 0 Å². The summed E-state index contributed by atoms with van der Waals surface area (Å²) in [6.07, 6.45) is 0. The molecule has 0 unspecified atom stereocenters. The third-order valence-corrected chi connectivity index (χ3v) is 1.29. The van der Waals surface area contributed by atoms with E-state index in [4.69, 9.17) is 5.26 Å². The predicted molar refractivity (Wildman–Crippen MR) is 23.7 cm³/mol. The van der Waals surface area contributed by atoms with Crippen molar-refractivity contribution in [3.8, 4) is 6.07 Å². The third-order valence-electron chi connectivity index (χ3n) is 0.487. The van der Waals surface area contributed by atoms with Gasteiger partial charge in [0.1, 0.15) is 0 Å². The minimum Gasteiger partial charge on any atom is -0.222 e. The second kappa shape index (κ2) is 1.89.